The van der Waals surface area contributed by atoms with Gasteiger partial charge >= 0.3 is 0 Å². The molecule has 1 unspecified atom stereocenters. The molecule has 0 aromatic heterocycles. The second-order valence-electron chi connectivity index (χ2n) is 4.42. The number of nitrogens with one attached hydrogen (secondary N) is 1. The van der Waals surface area contributed by atoms with E-state index in [-0.39, 0.29) is 5.82 Å². The summed E-state index contributed by atoms with van der Waals surface area (Å²) in [6, 6.07) is 15.2. The molecule has 0 spiro atoms. The van der Waals surface area contributed by atoms with Gasteiger partial charge in [0.1, 0.15) is 5.82 Å². The van der Waals surface area contributed by atoms with Gasteiger partial charge in [0, 0.05) is 6.04 Å². The van der Waals surface area contributed by atoms with E-state index in [0.29, 0.717) is 6.04 Å². The summed E-state index contributed by atoms with van der Waals surface area (Å²) in [5, 5.41) is 3.38. The lowest BCUT2D eigenvalue weighted by molar-refractivity contribution is 0.598. The van der Waals surface area contributed by atoms with Crippen LogP contribution in [-0.4, -0.2) is 6.54 Å². The van der Waals surface area contributed by atoms with E-state index in [1.807, 2.05) is 18.2 Å². The summed E-state index contributed by atoms with van der Waals surface area (Å²) in [6.07, 6.45) is 0. The van der Waals surface area contributed by atoms with Gasteiger partial charge in [-0.2, -0.15) is 0 Å². The molecule has 2 rings (SSSR count). The molecule has 0 bridgehead atoms. The molecule has 0 radical (unpaired) electrons. The highest BCUT2D eigenvalue weighted by Crippen LogP contribution is 2.23. The maximum absolute atomic E-state index is 13.2. The highest BCUT2D eigenvalue weighted by molar-refractivity contribution is 5.64. The molecule has 18 heavy (non-hydrogen) atoms. The Labute approximate surface area is 108 Å². The summed E-state index contributed by atoms with van der Waals surface area (Å²) < 4.78 is 13.2. The van der Waals surface area contributed by atoms with E-state index in [4.69, 9.17) is 0 Å². The van der Waals surface area contributed by atoms with Gasteiger partial charge < -0.3 is 5.32 Å². The molecule has 0 aliphatic heterocycles. The van der Waals surface area contributed by atoms with Gasteiger partial charge in [-0.15, -0.1) is 0 Å². The third-order valence-electron chi connectivity index (χ3n) is 3.05. The third kappa shape index (κ3) is 2.96. The summed E-state index contributed by atoms with van der Waals surface area (Å²) in [6.45, 7) is 5.16. The summed E-state index contributed by atoms with van der Waals surface area (Å²) in [5.41, 5.74) is 3.19. The van der Waals surface area contributed by atoms with Crippen molar-refractivity contribution in [3.8, 4) is 11.1 Å². The van der Waals surface area contributed by atoms with E-state index < -0.39 is 0 Å². The van der Waals surface area contributed by atoms with Crippen molar-refractivity contribution in [1.82, 2.24) is 5.32 Å². The van der Waals surface area contributed by atoms with E-state index in [2.05, 4.69) is 31.3 Å². The van der Waals surface area contributed by atoms with Gasteiger partial charge in [0.15, 0.2) is 0 Å². The fourth-order valence-corrected chi connectivity index (χ4v) is 2.08. The van der Waals surface area contributed by atoms with Gasteiger partial charge in [0.2, 0.25) is 0 Å². The minimum atomic E-state index is -0.197. The van der Waals surface area contributed by atoms with Crippen LogP contribution < -0.4 is 5.32 Å². The predicted molar refractivity (Wildman–Crippen MR) is 73.9 cm³/mol. The van der Waals surface area contributed by atoms with Crippen LogP contribution in [0.4, 0.5) is 4.39 Å². The first-order valence-electron chi connectivity index (χ1n) is 6.30. The molecule has 94 valence electrons. The molecular formula is C16H18FN. The Hall–Kier alpha value is -1.67. The molecule has 0 saturated carbocycles. The number of benzene rings is 2. The lowest BCUT2D eigenvalue weighted by Crippen LogP contribution is -2.17. The van der Waals surface area contributed by atoms with Crippen molar-refractivity contribution in [1.29, 1.82) is 0 Å². The van der Waals surface area contributed by atoms with Gasteiger partial charge in [0.25, 0.3) is 0 Å². The van der Waals surface area contributed by atoms with Crippen LogP contribution in [0.15, 0.2) is 48.5 Å². The lowest BCUT2D eigenvalue weighted by atomic mass is 10.00. The minimum Gasteiger partial charge on any atom is -0.310 e. The van der Waals surface area contributed by atoms with Gasteiger partial charge in [0.05, 0.1) is 0 Å². The zero-order valence-electron chi connectivity index (χ0n) is 10.8. The Balaban J connectivity index is 2.32. The molecule has 0 heterocycles. The normalized spacial score (nSPS) is 12.4. The average Bonchev–Trinajstić information content (AvgIpc) is 2.39. The van der Waals surface area contributed by atoms with Crippen LogP contribution in [0.5, 0.6) is 0 Å². The molecule has 0 saturated heterocycles. The molecule has 0 amide bonds. The summed E-state index contributed by atoms with van der Waals surface area (Å²) in [7, 11) is 0. The Morgan fingerprint density at radius 1 is 1.06 bits per heavy atom. The lowest BCUT2D eigenvalue weighted by Gasteiger charge is -2.14. The molecule has 1 nitrogen and oxygen atoms in total. The van der Waals surface area contributed by atoms with Crippen LogP contribution in [0.3, 0.4) is 0 Å². The Kier molecular flexibility index (Phi) is 4.11. The third-order valence-corrected chi connectivity index (χ3v) is 3.05. The van der Waals surface area contributed by atoms with Crippen molar-refractivity contribution in [3.05, 3.63) is 59.9 Å². The largest absolute Gasteiger partial charge is 0.310 e. The molecule has 2 heteroatoms. The van der Waals surface area contributed by atoms with Gasteiger partial charge in [-0.05, 0) is 48.4 Å². The standard InChI is InChI=1S/C16H18FN/c1-3-18-12(2)13-6-4-7-14(10-13)15-8-5-9-16(17)11-15/h4-12,18H,3H2,1-2H3. The van der Waals surface area contributed by atoms with E-state index in [9.17, 15) is 4.39 Å². The first kappa shape index (κ1) is 12.8. The second kappa shape index (κ2) is 5.78. The molecule has 0 aliphatic rings. The average molecular weight is 243 g/mol. The van der Waals surface area contributed by atoms with Crippen LogP contribution in [0.2, 0.25) is 0 Å². The van der Waals surface area contributed by atoms with Crippen LogP contribution in [-0.2, 0) is 0 Å². The Morgan fingerprint density at radius 2 is 1.72 bits per heavy atom. The van der Waals surface area contributed by atoms with Crippen molar-refractivity contribution < 1.29 is 4.39 Å². The predicted octanol–water partition coefficient (Wildman–Crippen LogP) is 4.16. The Morgan fingerprint density at radius 3 is 2.39 bits per heavy atom. The molecule has 0 aliphatic carbocycles. The SMILES string of the molecule is CCNC(C)c1cccc(-c2cccc(F)c2)c1. The van der Waals surface area contributed by atoms with E-state index in [1.165, 1.54) is 11.6 Å². The van der Waals surface area contributed by atoms with Crippen LogP contribution in [0.25, 0.3) is 11.1 Å². The minimum absolute atomic E-state index is 0.197. The second-order valence-corrected chi connectivity index (χ2v) is 4.42. The molecule has 2 aromatic carbocycles. The van der Waals surface area contributed by atoms with Crippen LogP contribution >= 0.6 is 0 Å². The van der Waals surface area contributed by atoms with Crippen molar-refractivity contribution >= 4 is 0 Å². The topological polar surface area (TPSA) is 12.0 Å². The monoisotopic (exact) mass is 243 g/mol. The highest BCUT2D eigenvalue weighted by Gasteiger charge is 2.05. The fourth-order valence-electron chi connectivity index (χ4n) is 2.08. The van der Waals surface area contributed by atoms with E-state index >= 15 is 0 Å². The maximum Gasteiger partial charge on any atom is 0.123 e. The molecule has 2 aromatic rings. The van der Waals surface area contributed by atoms with Gasteiger partial charge in [-0.3, -0.25) is 0 Å². The number of hydrogen-bond donors (Lipinski definition) is 1. The fraction of sp³-hybridized carbons (Fsp3) is 0.250. The van der Waals surface area contributed by atoms with Gasteiger partial charge in [-0.1, -0.05) is 37.3 Å². The quantitative estimate of drug-likeness (QED) is 0.850. The molecule has 1 N–H and O–H groups in total. The summed E-state index contributed by atoms with van der Waals surface area (Å²) in [4.78, 5) is 0. The maximum atomic E-state index is 13.2. The number of hydrogen-bond acceptors (Lipinski definition) is 1. The molecular weight excluding hydrogens is 225 g/mol. The summed E-state index contributed by atoms with van der Waals surface area (Å²) >= 11 is 0. The zero-order valence-corrected chi connectivity index (χ0v) is 10.8. The van der Waals surface area contributed by atoms with Crippen molar-refractivity contribution in [2.24, 2.45) is 0 Å². The first-order valence-corrected chi connectivity index (χ1v) is 6.30. The van der Waals surface area contributed by atoms with E-state index in [1.54, 1.807) is 12.1 Å². The summed E-state index contributed by atoms with van der Waals surface area (Å²) in [5.74, 6) is -0.197. The number of rotatable bonds is 4. The van der Waals surface area contributed by atoms with Crippen molar-refractivity contribution in [2.75, 3.05) is 6.54 Å². The molecule has 0 fully saturated rings. The zero-order chi connectivity index (χ0) is 13.0. The highest BCUT2D eigenvalue weighted by atomic mass is 19.1. The molecule has 1 atom stereocenters. The number of halogens is 1. The van der Waals surface area contributed by atoms with Crippen LogP contribution in [0.1, 0.15) is 25.5 Å². The van der Waals surface area contributed by atoms with Gasteiger partial charge in [-0.25, -0.2) is 4.39 Å². The van der Waals surface area contributed by atoms with Crippen molar-refractivity contribution in [3.63, 3.8) is 0 Å². The first-order chi connectivity index (χ1) is 8.70. The smallest absolute Gasteiger partial charge is 0.123 e. The van der Waals surface area contributed by atoms with E-state index in [0.717, 1.165) is 17.7 Å². The Bertz CT molecular complexity index is 522. The van der Waals surface area contributed by atoms with Crippen molar-refractivity contribution in [2.45, 2.75) is 19.9 Å². The van der Waals surface area contributed by atoms with Crippen LogP contribution in [0, 0.1) is 5.82 Å².